The first-order valence-electron chi connectivity index (χ1n) is 3.80. The van der Waals surface area contributed by atoms with Crippen LogP contribution in [0.2, 0.25) is 0 Å². The van der Waals surface area contributed by atoms with Crippen LogP contribution in [-0.4, -0.2) is 11.1 Å². The predicted octanol–water partition coefficient (Wildman–Crippen LogP) is 1.21. The minimum absolute atomic E-state index is 0.310. The number of hydrogen-bond donors (Lipinski definition) is 2. The third-order valence-electron chi connectivity index (χ3n) is 1.71. The number of aliphatic hydroxyl groups is 1. The topological polar surface area (TPSA) is 46.2 Å². The molecule has 3 heteroatoms. The highest BCUT2D eigenvalue weighted by Gasteiger charge is 2.11. The zero-order chi connectivity index (χ0) is 9.14. The molecule has 2 atom stereocenters. The highest BCUT2D eigenvalue weighted by atomic mass is 18.2. The van der Waals surface area contributed by atoms with Crippen molar-refractivity contribution < 1.29 is 9.50 Å². The van der Waals surface area contributed by atoms with E-state index in [0.717, 1.165) is 0 Å². The molecule has 2 nitrogen and oxygen atoms in total. The van der Waals surface area contributed by atoms with Gasteiger partial charge in [-0.15, -0.1) is 0 Å². The molecule has 1 aromatic carbocycles. The molecule has 3 N–H and O–H groups in total. The van der Waals surface area contributed by atoms with Gasteiger partial charge in [-0.25, -0.2) is 4.39 Å². The monoisotopic (exact) mass is 168 g/mol. The molecule has 66 valence electrons. The maximum absolute atomic E-state index is 12.4. The number of rotatable bonds is 2. The number of benzene rings is 1. The van der Waals surface area contributed by atoms with Gasteiger partial charge in [0.2, 0.25) is 0 Å². The number of hydrogen-bond acceptors (Lipinski definition) is 2. The van der Waals surface area contributed by atoms with Crippen LogP contribution in [0.3, 0.4) is 0 Å². The Balaban J connectivity index is 2.82. The first-order valence-corrected chi connectivity index (χ1v) is 3.80. The minimum atomic E-state index is -0.717. The fourth-order valence-corrected chi connectivity index (χ4v) is 0.964. The van der Waals surface area contributed by atoms with Gasteiger partial charge in [-0.1, -0.05) is 12.1 Å². The second-order valence-electron chi connectivity index (χ2n) is 2.86. The minimum Gasteiger partial charge on any atom is -0.387 e. The maximum atomic E-state index is 12.4. The van der Waals surface area contributed by atoms with E-state index in [-0.39, 0.29) is 11.9 Å². The Bertz CT molecular complexity index is 245. The van der Waals surface area contributed by atoms with Crippen molar-refractivity contribution in [3.63, 3.8) is 0 Å². The summed E-state index contributed by atoms with van der Waals surface area (Å²) < 4.78 is 12.4. The average molecular weight is 168 g/mol. The summed E-state index contributed by atoms with van der Waals surface area (Å²) in [5.41, 5.74) is 6.11. The Morgan fingerprint density at radius 1 is 1.33 bits per heavy atom. The summed E-state index contributed by atoms with van der Waals surface area (Å²) in [5.74, 6) is -0.310. The standard InChI is InChI=1S/C9H12FNO/c1-6(11)9(12)7-2-4-8(10)5-3-7/h2-6,9,12H,11H2,1H3/t6-,9-/m0/s1/i10-1. The van der Waals surface area contributed by atoms with Gasteiger partial charge in [-0.2, -0.15) is 0 Å². The van der Waals surface area contributed by atoms with Gasteiger partial charge in [0, 0.05) is 6.04 Å². The Hall–Kier alpha value is -0.930. The Kier molecular flexibility index (Phi) is 2.78. The third-order valence-corrected chi connectivity index (χ3v) is 1.71. The Labute approximate surface area is 70.8 Å². The van der Waals surface area contributed by atoms with Crippen LogP contribution in [0.5, 0.6) is 0 Å². The maximum Gasteiger partial charge on any atom is 0.123 e. The van der Waals surface area contributed by atoms with Gasteiger partial charge < -0.3 is 10.8 Å². The fourth-order valence-electron chi connectivity index (χ4n) is 0.964. The van der Waals surface area contributed by atoms with E-state index < -0.39 is 6.10 Å². The van der Waals surface area contributed by atoms with E-state index in [0.29, 0.717) is 5.56 Å². The van der Waals surface area contributed by atoms with Crippen LogP contribution in [0.15, 0.2) is 24.3 Å². The first kappa shape index (κ1) is 9.16. The molecule has 0 aliphatic rings. The molecule has 1 aromatic rings. The summed E-state index contributed by atoms with van der Waals surface area (Å²) in [5, 5.41) is 9.44. The lowest BCUT2D eigenvalue weighted by molar-refractivity contribution is 0.153. The second kappa shape index (κ2) is 3.65. The van der Waals surface area contributed by atoms with Crippen molar-refractivity contribution in [2.45, 2.75) is 19.1 Å². The molecule has 0 unspecified atom stereocenters. The van der Waals surface area contributed by atoms with Crippen molar-refractivity contribution in [1.29, 1.82) is 0 Å². The SMILES string of the molecule is C[C@H](N)[C@H](O)c1ccc([18F])cc1. The number of halogens is 1. The van der Waals surface area contributed by atoms with E-state index in [1.807, 2.05) is 0 Å². The molecule has 0 heterocycles. The normalized spacial score (nSPS) is 15.7. The molecular weight excluding hydrogens is 156 g/mol. The van der Waals surface area contributed by atoms with Crippen LogP contribution < -0.4 is 5.73 Å². The van der Waals surface area contributed by atoms with E-state index in [4.69, 9.17) is 5.73 Å². The van der Waals surface area contributed by atoms with E-state index >= 15 is 0 Å². The molecule has 1 rings (SSSR count). The van der Waals surface area contributed by atoms with Crippen LogP contribution in [-0.2, 0) is 0 Å². The molecule has 0 aliphatic carbocycles. The van der Waals surface area contributed by atoms with Crippen molar-refractivity contribution in [3.05, 3.63) is 35.6 Å². The summed E-state index contributed by atoms with van der Waals surface area (Å²) in [4.78, 5) is 0. The van der Waals surface area contributed by atoms with Crippen LogP contribution in [0.1, 0.15) is 18.6 Å². The zero-order valence-electron chi connectivity index (χ0n) is 6.87. The molecule has 0 amide bonds. The Morgan fingerprint density at radius 2 is 1.83 bits per heavy atom. The lowest BCUT2D eigenvalue weighted by atomic mass is 10.0. The van der Waals surface area contributed by atoms with Crippen molar-refractivity contribution >= 4 is 0 Å². The molecular formula is C9H12FNO. The quantitative estimate of drug-likeness (QED) is 0.697. The first-order chi connectivity index (χ1) is 5.61. The largest absolute Gasteiger partial charge is 0.387 e. The average Bonchev–Trinajstić information content (AvgIpc) is 2.04. The molecule has 0 radical (unpaired) electrons. The van der Waals surface area contributed by atoms with Gasteiger partial charge in [0.25, 0.3) is 0 Å². The molecule has 0 bridgehead atoms. The van der Waals surface area contributed by atoms with E-state index in [1.165, 1.54) is 24.3 Å². The van der Waals surface area contributed by atoms with Crippen LogP contribution in [0.25, 0.3) is 0 Å². The molecule has 0 saturated heterocycles. The van der Waals surface area contributed by atoms with E-state index in [1.54, 1.807) is 6.92 Å². The number of nitrogens with two attached hydrogens (primary N) is 1. The third kappa shape index (κ3) is 2.03. The van der Waals surface area contributed by atoms with Crippen molar-refractivity contribution in [1.82, 2.24) is 0 Å². The lowest BCUT2D eigenvalue weighted by Gasteiger charge is -2.14. The van der Waals surface area contributed by atoms with Gasteiger partial charge in [0.15, 0.2) is 0 Å². The summed E-state index contributed by atoms with van der Waals surface area (Å²) in [6.45, 7) is 1.70. The van der Waals surface area contributed by atoms with Gasteiger partial charge in [0.1, 0.15) is 5.82 Å². The van der Waals surface area contributed by atoms with Crippen LogP contribution in [0.4, 0.5) is 4.39 Å². The molecule has 0 saturated carbocycles. The van der Waals surface area contributed by atoms with E-state index in [2.05, 4.69) is 0 Å². The zero-order valence-corrected chi connectivity index (χ0v) is 6.87. The summed E-state index contributed by atoms with van der Waals surface area (Å²) in [7, 11) is 0. The molecule has 0 spiro atoms. The van der Waals surface area contributed by atoms with Crippen LogP contribution in [0, 0.1) is 5.82 Å². The predicted molar refractivity (Wildman–Crippen MR) is 45.0 cm³/mol. The molecule has 0 aliphatic heterocycles. The van der Waals surface area contributed by atoms with Gasteiger partial charge in [0.05, 0.1) is 6.10 Å². The summed E-state index contributed by atoms with van der Waals surface area (Å²) >= 11 is 0. The summed E-state index contributed by atoms with van der Waals surface area (Å²) in [6, 6.07) is 5.34. The Morgan fingerprint density at radius 3 is 2.25 bits per heavy atom. The second-order valence-corrected chi connectivity index (χ2v) is 2.86. The van der Waals surface area contributed by atoms with Crippen molar-refractivity contribution in [2.75, 3.05) is 0 Å². The molecule has 0 aromatic heterocycles. The van der Waals surface area contributed by atoms with E-state index in [9.17, 15) is 9.50 Å². The fraction of sp³-hybridized carbons (Fsp3) is 0.333. The van der Waals surface area contributed by atoms with Crippen molar-refractivity contribution in [3.8, 4) is 0 Å². The van der Waals surface area contributed by atoms with Gasteiger partial charge in [-0.05, 0) is 24.6 Å². The van der Waals surface area contributed by atoms with Crippen molar-refractivity contribution in [2.24, 2.45) is 5.73 Å². The molecule has 12 heavy (non-hydrogen) atoms. The highest BCUT2D eigenvalue weighted by Crippen LogP contribution is 2.15. The highest BCUT2D eigenvalue weighted by molar-refractivity contribution is 5.19. The molecule has 0 fully saturated rings. The number of aliphatic hydroxyl groups excluding tert-OH is 1. The smallest absolute Gasteiger partial charge is 0.123 e. The van der Waals surface area contributed by atoms with Gasteiger partial charge in [-0.3, -0.25) is 0 Å². The summed E-state index contributed by atoms with van der Waals surface area (Å²) in [6.07, 6.45) is -0.717. The lowest BCUT2D eigenvalue weighted by Crippen LogP contribution is -2.24. The van der Waals surface area contributed by atoms with Gasteiger partial charge >= 0.3 is 0 Å². The van der Waals surface area contributed by atoms with Crippen LogP contribution >= 0.6 is 0 Å².